The predicted octanol–water partition coefficient (Wildman–Crippen LogP) is 2.76. The van der Waals surface area contributed by atoms with Crippen LogP contribution in [0.4, 0.5) is 0 Å². The Kier molecular flexibility index (Phi) is 7.78. The van der Waals surface area contributed by atoms with Gasteiger partial charge in [-0.25, -0.2) is 0 Å². The number of carbonyl (C=O) groups is 1. The summed E-state index contributed by atoms with van der Waals surface area (Å²) in [7, 11) is 3.32. The molecule has 1 amide bonds. The maximum atomic E-state index is 12.5. The second-order valence-electron chi connectivity index (χ2n) is 8.68. The molecule has 6 heteroatoms. The fourth-order valence-corrected chi connectivity index (χ4v) is 4.58. The van der Waals surface area contributed by atoms with E-state index >= 15 is 0 Å². The Balaban J connectivity index is 1.43. The molecule has 6 nitrogen and oxygen atoms in total. The predicted molar refractivity (Wildman–Crippen MR) is 115 cm³/mol. The molecule has 1 aromatic rings. The van der Waals surface area contributed by atoms with Gasteiger partial charge >= 0.3 is 0 Å². The Morgan fingerprint density at radius 2 is 1.72 bits per heavy atom. The van der Waals surface area contributed by atoms with E-state index < -0.39 is 0 Å². The van der Waals surface area contributed by atoms with Crippen LogP contribution in [-0.2, 0) is 11.3 Å². The van der Waals surface area contributed by atoms with Gasteiger partial charge in [0.2, 0.25) is 5.91 Å². The standard InChI is InChI=1S/C23H37N3O3/c1-17-6-5-7-20(18(17)2)24-23(27)16-26-12-10-25(11-13-26)15-19-8-9-21(28-3)22(14-19)29-4/h8-9,14,17-18,20H,5-7,10-13,15-16H2,1-4H3,(H,24,27)/t17-,18+,20-/m0/s1. The molecule has 3 rings (SSSR count). The molecule has 0 unspecified atom stereocenters. The summed E-state index contributed by atoms with van der Waals surface area (Å²) in [6.07, 6.45) is 3.64. The molecule has 162 valence electrons. The third-order valence-electron chi connectivity index (χ3n) is 6.74. The SMILES string of the molecule is COc1ccc(CN2CCN(CC(=O)N[C@H]3CCC[C@H](C)[C@H]3C)CC2)cc1OC. The largest absolute Gasteiger partial charge is 0.493 e. The summed E-state index contributed by atoms with van der Waals surface area (Å²) in [4.78, 5) is 17.2. The second-order valence-corrected chi connectivity index (χ2v) is 8.68. The normalized spacial score (nSPS) is 26.1. The van der Waals surface area contributed by atoms with Gasteiger partial charge in [-0.2, -0.15) is 0 Å². The lowest BCUT2D eigenvalue weighted by Crippen LogP contribution is -2.51. The summed E-state index contributed by atoms with van der Waals surface area (Å²) in [6.45, 7) is 9.79. The van der Waals surface area contributed by atoms with Crippen molar-refractivity contribution < 1.29 is 14.3 Å². The number of nitrogens with one attached hydrogen (secondary N) is 1. The number of nitrogens with zero attached hydrogens (tertiary/aromatic N) is 2. The summed E-state index contributed by atoms with van der Waals surface area (Å²) >= 11 is 0. The summed E-state index contributed by atoms with van der Waals surface area (Å²) in [6, 6.07) is 6.44. The lowest BCUT2D eigenvalue weighted by atomic mass is 9.78. The molecule has 1 aliphatic heterocycles. The molecule has 1 aromatic carbocycles. The van der Waals surface area contributed by atoms with Crippen LogP contribution in [-0.4, -0.2) is 68.7 Å². The minimum Gasteiger partial charge on any atom is -0.493 e. The summed E-state index contributed by atoms with van der Waals surface area (Å²) < 4.78 is 10.7. The van der Waals surface area contributed by atoms with Crippen molar-refractivity contribution in [2.75, 3.05) is 46.9 Å². The third kappa shape index (κ3) is 5.86. The minimum atomic E-state index is 0.185. The number of amides is 1. The molecule has 3 atom stereocenters. The van der Waals surface area contributed by atoms with Crippen LogP contribution in [0.1, 0.15) is 38.7 Å². The highest BCUT2D eigenvalue weighted by molar-refractivity contribution is 5.78. The van der Waals surface area contributed by atoms with E-state index in [4.69, 9.17) is 9.47 Å². The Labute approximate surface area is 175 Å². The first-order valence-electron chi connectivity index (χ1n) is 10.9. The van der Waals surface area contributed by atoms with E-state index in [9.17, 15) is 4.79 Å². The highest BCUT2D eigenvalue weighted by Crippen LogP contribution is 2.30. The summed E-state index contributed by atoms with van der Waals surface area (Å²) in [5.74, 6) is 2.99. The fraction of sp³-hybridized carbons (Fsp3) is 0.696. The van der Waals surface area contributed by atoms with Crippen molar-refractivity contribution in [3.63, 3.8) is 0 Å². The van der Waals surface area contributed by atoms with E-state index in [0.29, 0.717) is 24.4 Å². The van der Waals surface area contributed by atoms with Gasteiger partial charge in [-0.3, -0.25) is 14.6 Å². The Bertz CT molecular complexity index is 673. The first kappa shape index (κ1) is 21.9. The van der Waals surface area contributed by atoms with E-state index in [1.165, 1.54) is 18.4 Å². The average Bonchev–Trinajstić information content (AvgIpc) is 2.72. The van der Waals surface area contributed by atoms with Crippen LogP contribution >= 0.6 is 0 Å². The van der Waals surface area contributed by atoms with Crippen LogP contribution in [0.5, 0.6) is 11.5 Å². The number of benzene rings is 1. The quantitative estimate of drug-likeness (QED) is 0.759. The molecule has 0 bridgehead atoms. The topological polar surface area (TPSA) is 54.0 Å². The third-order valence-corrected chi connectivity index (χ3v) is 6.74. The number of methoxy groups -OCH3 is 2. The Morgan fingerprint density at radius 1 is 1.03 bits per heavy atom. The van der Waals surface area contributed by atoms with Crippen molar-refractivity contribution in [3.05, 3.63) is 23.8 Å². The molecule has 1 heterocycles. The Hall–Kier alpha value is -1.79. The molecule has 1 saturated carbocycles. The van der Waals surface area contributed by atoms with Crippen LogP contribution in [0.3, 0.4) is 0 Å². The van der Waals surface area contributed by atoms with E-state index in [2.05, 4.69) is 35.0 Å². The molecule has 1 aliphatic carbocycles. The van der Waals surface area contributed by atoms with Gasteiger partial charge in [-0.05, 0) is 36.0 Å². The van der Waals surface area contributed by atoms with Crippen LogP contribution in [0, 0.1) is 11.8 Å². The van der Waals surface area contributed by atoms with Crippen LogP contribution < -0.4 is 14.8 Å². The number of hydrogen-bond acceptors (Lipinski definition) is 5. The van der Waals surface area contributed by atoms with Gasteiger partial charge in [0.05, 0.1) is 20.8 Å². The van der Waals surface area contributed by atoms with E-state index in [1.54, 1.807) is 14.2 Å². The number of rotatable bonds is 7. The van der Waals surface area contributed by atoms with E-state index in [1.807, 2.05) is 12.1 Å². The Morgan fingerprint density at radius 3 is 2.41 bits per heavy atom. The number of carbonyl (C=O) groups excluding carboxylic acids is 1. The van der Waals surface area contributed by atoms with E-state index in [0.717, 1.165) is 50.6 Å². The summed E-state index contributed by atoms with van der Waals surface area (Å²) in [5.41, 5.74) is 1.22. The zero-order valence-corrected chi connectivity index (χ0v) is 18.4. The fourth-order valence-electron chi connectivity index (χ4n) is 4.58. The smallest absolute Gasteiger partial charge is 0.234 e. The molecule has 2 fully saturated rings. The van der Waals surface area contributed by atoms with E-state index in [-0.39, 0.29) is 5.91 Å². The zero-order valence-electron chi connectivity index (χ0n) is 18.4. The zero-order chi connectivity index (χ0) is 20.8. The van der Waals surface area contributed by atoms with Crippen molar-refractivity contribution >= 4 is 5.91 Å². The molecule has 1 N–H and O–H groups in total. The second kappa shape index (κ2) is 10.3. The van der Waals surface area contributed by atoms with Crippen LogP contribution in [0.2, 0.25) is 0 Å². The van der Waals surface area contributed by atoms with Gasteiger partial charge in [0, 0.05) is 38.8 Å². The molecule has 29 heavy (non-hydrogen) atoms. The minimum absolute atomic E-state index is 0.185. The van der Waals surface area contributed by atoms with Crippen molar-refractivity contribution in [1.82, 2.24) is 15.1 Å². The monoisotopic (exact) mass is 403 g/mol. The van der Waals surface area contributed by atoms with Gasteiger partial charge in [-0.1, -0.05) is 32.8 Å². The van der Waals surface area contributed by atoms with Gasteiger partial charge in [0.25, 0.3) is 0 Å². The average molecular weight is 404 g/mol. The van der Waals surface area contributed by atoms with Gasteiger partial charge < -0.3 is 14.8 Å². The lowest BCUT2D eigenvalue weighted by molar-refractivity contribution is -0.124. The number of ether oxygens (including phenoxy) is 2. The van der Waals surface area contributed by atoms with Crippen molar-refractivity contribution in [3.8, 4) is 11.5 Å². The molecular weight excluding hydrogens is 366 g/mol. The first-order valence-corrected chi connectivity index (χ1v) is 10.9. The maximum Gasteiger partial charge on any atom is 0.234 e. The van der Waals surface area contributed by atoms with Gasteiger partial charge in [-0.15, -0.1) is 0 Å². The first-order chi connectivity index (χ1) is 14.0. The van der Waals surface area contributed by atoms with Crippen molar-refractivity contribution in [2.45, 2.75) is 45.7 Å². The van der Waals surface area contributed by atoms with Crippen molar-refractivity contribution in [1.29, 1.82) is 0 Å². The van der Waals surface area contributed by atoms with Crippen LogP contribution in [0.25, 0.3) is 0 Å². The molecule has 0 radical (unpaired) electrons. The maximum absolute atomic E-state index is 12.5. The highest BCUT2D eigenvalue weighted by Gasteiger charge is 2.28. The molecular formula is C23H37N3O3. The highest BCUT2D eigenvalue weighted by atomic mass is 16.5. The number of hydrogen-bond donors (Lipinski definition) is 1. The summed E-state index contributed by atoms with van der Waals surface area (Å²) in [5, 5.41) is 3.30. The van der Waals surface area contributed by atoms with Crippen molar-refractivity contribution in [2.24, 2.45) is 11.8 Å². The van der Waals surface area contributed by atoms with Gasteiger partial charge in [0.15, 0.2) is 11.5 Å². The molecule has 0 aromatic heterocycles. The molecule has 1 saturated heterocycles. The molecule has 0 spiro atoms. The van der Waals surface area contributed by atoms with Gasteiger partial charge in [0.1, 0.15) is 0 Å². The van der Waals surface area contributed by atoms with Crippen LogP contribution in [0.15, 0.2) is 18.2 Å². The lowest BCUT2D eigenvalue weighted by Gasteiger charge is -2.37. The molecule has 2 aliphatic rings. The number of piperazine rings is 1.